The van der Waals surface area contributed by atoms with E-state index in [1.54, 1.807) is 26.4 Å². The molecule has 6 nitrogen and oxygen atoms in total. The molecular weight excluding hydrogens is 452 g/mol. The number of nitriles is 1. The normalized spacial score (nSPS) is 10.5. The first kappa shape index (κ1) is 24.6. The second-order valence-electron chi connectivity index (χ2n) is 8.18. The van der Waals surface area contributed by atoms with Crippen LogP contribution in [0.25, 0.3) is 11.1 Å². The van der Waals surface area contributed by atoms with Crippen LogP contribution in [0.5, 0.6) is 23.0 Å². The molecule has 182 valence electrons. The van der Waals surface area contributed by atoms with Crippen molar-refractivity contribution in [1.29, 1.82) is 5.26 Å². The lowest BCUT2D eigenvalue weighted by Crippen LogP contribution is -2.14. The molecule has 0 saturated carbocycles. The molecule has 0 bridgehead atoms. The van der Waals surface area contributed by atoms with Crippen molar-refractivity contribution >= 4 is 0 Å². The molecule has 0 fully saturated rings. The molecule has 6 heteroatoms. The Balaban J connectivity index is 1.51. The number of benzene rings is 4. The lowest BCUT2D eigenvalue weighted by atomic mass is 9.96. The molecule has 0 spiro atoms. The van der Waals surface area contributed by atoms with Crippen LogP contribution >= 0.6 is 0 Å². The molecule has 4 rings (SSSR count). The Labute approximate surface area is 211 Å². The summed E-state index contributed by atoms with van der Waals surface area (Å²) in [6.07, 6.45) is 0. The van der Waals surface area contributed by atoms with Crippen molar-refractivity contribution in [3.8, 4) is 40.2 Å². The molecule has 0 aliphatic carbocycles. The third-order valence-corrected chi connectivity index (χ3v) is 5.90. The summed E-state index contributed by atoms with van der Waals surface area (Å²) in [6.45, 7) is 1.48. The van der Waals surface area contributed by atoms with Gasteiger partial charge in [0.15, 0.2) is 0 Å². The van der Waals surface area contributed by atoms with Crippen LogP contribution in [-0.4, -0.2) is 19.3 Å². The van der Waals surface area contributed by atoms with Crippen molar-refractivity contribution in [1.82, 2.24) is 5.32 Å². The number of hydrogen-bond donors (Lipinski definition) is 2. The summed E-state index contributed by atoms with van der Waals surface area (Å²) >= 11 is 0. The number of nitrogens with one attached hydrogen (secondary N) is 1. The molecule has 36 heavy (non-hydrogen) atoms. The van der Waals surface area contributed by atoms with E-state index in [0.29, 0.717) is 42.5 Å². The van der Waals surface area contributed by atoms with E-state index < -0.39 is 0 Å². The zero-order valence-corrected chi connectivity index (χ0v) is 20.3. The minimum Gasteiger partial charge on any atom is -0.508 e. The van der Waals surface area contributed by atoms with Crippen molar-refractivity contribution in [2.45, 2.75) is 19.7 Å². The van der Waals surface area contributed by atoms with Gasteiger partial charge >= 0.3 is 0 Å². The number of methoxy groups -OCH3 is 2. The number of aromatic hydroxyl groups is 1. The van der Waals surface area contributed by atoms with Gasteiger partial charge in [-0.05, 0) is 40.5 Å². The number of phenols is 1. The van der Waals surface area contributed by atoms with Gasteiger partial charge in [-0.2, -0.15) is 5.26 Å². The number of phenolic OH excluding ortho intramolecular Hbond substituents is 1. The summed E-state index contributed by atoms with van der Waals surface area (Å²) in [6, 6.07) is 28.5. The van der Waals surface area contributed by atoms with Crippen LogP contribution in [0, 0.1) is 11.3 Å². The maximum Gasteiger partial charge on any atom is 0.130 e. The largest absolute Gasteiger partial charge is 0.508 e. The Morgan fingerprint density at radius 3 is 2.11 bits per heavy atom. The van der Waals surface area contributed by atoms with Crippen LogP contribution in [0.2, 0.25) is 0 Å². The SMILES string of the molecule is COc1cc(OCc2ccccc2-c2ccccc2C#N)cc(OC)c1CNCc1ccc(O)cc1. The molecule has 0 radical (unpaired) electrons. The van der Waals surface area contributed by atoms with Crippen LogP contribution < -0.4 is 19.5 Å². The van der Waals surface area contributed by atoms with Crippen molar-refractivity contribution in [3.05, 3.63) is 107 Å². The van der Waals surface area contributed by atoms with Gasteiger partial charge in [0, 0.05) is 25.2 Å². The van der Waals surface area contributed by atoms with Gasteiger partial charge in [-0.1, -0.05) is 54.6 Å². The van der Waals surface area contributed by atoms with E-state index in [0.717, 1.165) is 27.8 Å². The average Bonchev–Trinajstić information content (AvgIpc) is 2.93. The predicted molar refractivity (Wildman–Crippen MR) is 139 cm³/mol. The van der Waals surface area contributed by atoms with E-state index in [4.69, 9.17) is 14.2 Å². The summed E-state index contributed by atoms with van der Waals surface area (Å²) in [5.74, 6) is 2.18. The summed E-state index contributed by atoms with van der Waals surface area (Å²) in [4.78, 5) is 0. The maximum atomic E-state index is 9.53. The molecule has 0 aliphatic heterocycles. The smallest absolute Gasteiger partial charge is 0.130 e. The number of ether oxygens (including phenoxy) is 3. The van der Waals surface area contributed by atoms with Gasteiger partial charge in [0.1, 0.15) is 29.6 Å². The third kappa shape index (κ3) is 5.77. The van der Waals surface area contributed by atoms with E-state index in [1.165, 1.54) is 0 Å². The molecule has 4 aromatic carbocycles. The summed E-state index contributed by atoms with van der Waals surface area (Å²) < 4.78 is 17.5. The first-order valence-electron chi connectivity index (χ1n) is 11.6. The highest BCUT2D eigenvalue weighted by atomic mass is 16.5. The van der Waals surface area contributed by atoms with Gasteiger partial charge in [-0.3, -0.25) is 0 Å². The molecule has 0 heterocycles. The lowest BCUT2D eigenvalue weighted by molar-refractivity contribution is 0.300. The van der Waals surface area contributed by atoms with Crippen LogP contribution in [-0.2, 0) is 19.7 Å². The van der Waals surface area contributed by atoms with E-state index in [-0.39, 0.29) is 5.75 Å². The van der Waals surface area contributed by atoms with Gasteiger partial charge < -0.3 is 24.6 Å². The Kier molecular flexibility index (Phi) is 8.07. The van der Waals surface area contributed by atoms with Crippen LogP contribution in [0.1, 0.15) is 22.3 Å². The fourth-order valence-electron chi connectivity index (χ4n) is 4.05. The quantitative estimate of drug-likeness (QED) is 0.298. The third-order valence-electron chi connectivity index (χ3n) is 5.90. The van der Waals surface area contributed by atoms with Crippen molar-refractivity contribution < 1.29 is 19.3 Å². The summed E-state index contributed by atoms with van der Waals surface area (Å²) in [7, 11) is 3.24. The Morgan fingerprint density at radius 2 is 1.44 bits per heavy atom. The zero-order chi connectivity index (χ0) is 25.3. The molecule has 0 amide bonds. The standard InChI is InChI=1S/C30H28N2O4/c1-34-29-15-25(16-30(35-2)28(29)19-32-18-21-11-13-24(33)14-12-21)36-20-23-8-4-6-10-27(23)26-9-5-3-7-22(26)17-31/h3-16,32-33H,18-20H2,1-2H3. The van der Waals surface area contributed by atoms with Gasteiger partial charge in [0.25, 0.3) is 0 Å². The Bertz CT molecular complexity index is 1340. The van der Waals surface area contributed by atoms with Gasteiger partial charge in [-0.15, -0.1) is 0 Å². The van der Waals surface area contributed by atoms with Crippen LogP contribution in [0.15, 0.2) is 84.9 Å². The first-order chi connectivity index (χ1) is 17.6. The molecule has 0 unspecified atom stereocenters. The number of hydrogen-bond acceptors (Lipinski definition) is 6. The Morgan fingerprint density at radius 1 is 0.806 bits per heavy atom. The van der Waals surface area contributed by atoms with Crippen molar-refractivity contribution in [2.24, 2.45) is 0 Å². The van der Waals surface area contributed by atoms with Gasteiger partial charge in [-0.25, -0.2) is 0 Å². The topological polar surface area (TPSA) is 83.7 Å². The average molecular weight is 481 g/mol. The number of nitrogens with zero attached hydrogens (tertiary/aromatic N) is 1. The minimum absolute atomic E-state index is 0.245. The molecule has 4 aromatic rings. The predicted octanol–water partition coefficient (Wildman–Crippen LogP) is 5.82. The molecule has 2 N–H and O–H groups in total. The molecule has 0 atom stereocenters. The van der Waals surface area contributed by atoms with E-state index in [1.807, 2.05) is 72.8 Å². The van der Waals surface area contributed by atoms with Gasteiger partial charge in [0.05, 0.1) is 31.4 Å². The molecular formula is C30H28N2O4. The monoisotopic (exact) mass is 480 g/mol. The first-order valence-corrected chi connectivity index (χ1v) is 11.6. The Hall–Kier alpha value is -4.47. The van der Waals surface area contributed by atoms with Crippen LogP contribution in [0.3, 0.4) is 0 Å². The maximum absolute atomic E-state index is 9.53. The molecule has 0 saturated heterocycles. The lowest BCUT2D eigenvalue weighted by Gasteiger charge is -2.17. The second kappa shape index (κ2) is 11.8. The molecule has 0 aliphatic rings. The van der Waals surface area contributed by atoms with Gasteiger partial charge in [0.2, 0.25) is 0 Å². The van der Waals surface area contributed by atoms with E-state index in [2.05, 4.69) is 11.4 Å². The second-order valence-corrected chi connectivity index (χ2v) is 8.18. The number of rotatable bonds is 10. The fourth-order valence-corrected chi connectivity index (χ4v) is 4.05. The van der Waals surface area contributed by atoms with Crippen LogP contribution in [0.4, 0.5) is 0 Å². The summed E-state index contributed by atoms with van der Waals surface area (Å²) in [5.41, 5.74) is 5.38. The zero-order valence-electron chi connectivity index (χ0n) is 20.3. The van der Waals surface area contributed by atoms with Crippen molar-refractivity contribution in [3.63, 3.8) is 0 Å². The highest BCUT2D eigenvalue weighted by molar-refractivity contribution is 5.73. The van der Waals surface area contributed by atoms with Crippen molar-refractivity contribution in [2.75, 3.05) is 14.2 Å². The highest BCUT2D eigenvalue weighted by Gasteiger charge is 2.15. The summed E-state index contributed by atoms with van der Waals surface area (Å²) in [5, 5.41) is 22.4. The highest BCUT2D eigenvalue weighted by Crippen LogP contribution is 2.35. The van der Waals surface area contributed by atoms with E-state index >= 15 is 0 Å². The minimum atomic E-state index is 0.245. The van der Waals surface area contributed by atoms with E-state index in [9.17, 15) is 10.4 Å². The fraction of sp³-hybridized carbons (Fsp3) is 0.167. The molecule has 0 aromatic heterocycles.